The molecule has 0 atom stereocenters. The van der Waals surface area contributed by atoms with Gasteiger partial charge >= 0.3 is 0 Å². The molecule has 0 unspecified atom stereocenters. The van der Waals surface area contributed by atoms with E-state index < -0.39 is 0 Å². The molecule has 5 heterocycles. The highest BCUT2D eigenvalue weighted by molar-refractivity contribution is 7.26. The van der Waals surface area contributed by atoms with E-state index in [1.54, 1.807) is 11.3 Å². The summed E-state index contributed by atoms with van der Waals surface area (Å²) in [5.41, 5.74) is 11.1. The molecular formula is C55H32N6OS. The largest absolute Gasteiger partial charge is 0.455 e. The average molecular weight is 825 g/mol. The van der Waals surface area contributed by atoms with Crippen molar-refractivity contribution in [3.05, 3.63) is 194 Å². The fourth-order valence-corrected chi connectivity index (χ4v) is 10.2. The Labute approximate surface area is 364 Å². The van der Waals surface area contributed by atoms with Crippen LogP contribution in [0.25, 0.3) is 127 Å². The normalized spacial score (nSPS) is 11.8. The lowest BCUT2D eigenvalue weighted by molar-refractivity contribution is 0.669. The number of thiophene rings is 1. The molecule has 0 aliphatic heterocycles. The highest BCUT2D eigenvalue weighted by atomic mass is 32.1. The lowest BCUT2D eigenvalue weighted by atomic mass is 10.0. The minimum atomic E-state index is 0.554. The molecule has 7 nitrogen and oxygen atoms in total. The quantitative estimate of drug-likeness (QED) is 0.166. The lowest BCUT2D eigenvalue weighted by Crippen LogP contribution is -2.00. The van der Waals surface area contributed by atoms with Crippen LogP contribution in [0.2, 0.25) is 0 Å². The van der Waals surface area contributed by atoms with Crippen LogP contribution in [0.1, 0.15) is 0 Å². The summed E-state index contributed by atoms with van der Waals surface area (Å²) in [5.74, 6) is 2.33. The van der Waals surface area contributed by atoms with E-state index in [9.17, 15) is 0 Å². The van der Waals surface area contributed by atoms with Crippen LogP contribution in [0.15, 0.2) is 199 Å². The highest BCUT2D eigenvalue weighted by Crippen LogP contribution is 2.43. The molecule has 0 saturated carbocycles. The van der Waals surface area contributed by atoms with Crippen LogP contribution < -0.4 is 0 Å². The van der Waals surface area contributed by atoms with Gasteiger partial charge in [0.1, 0.15) is 11.2 Å². The average Bonchev–Trinajstić information content (AvgIpc) is 4.04. The number of hydrogen-bond donors (Lipinski definition) is 0. The van der Waals surface area contributed by atoms with Gasteiger partial charge in [-0.15, -0.1) is 11.3 Å². The van der Waals surface area contributed by atoms with Crippen LogP contribution in [0.3, 0.4) is 0 Å². The molecule has 0 spiro atoms. The Morgan fingerprint density at radius 3 is 1.86 bits per heavy atom. The van der Waals surface area contributed by atoms with Crippen molar-refractivity contribution >= 4 is 75.4 Å². The first-order valence-corrected chi connectivity index (χ1v) is 21.7. The van der Waals surface area contributed by atoms with Gasteiger partial charge < -0.3 is 8.98 Å². The molecule has 0 radical (unpaired) electrons. The standard InChI is InChI=1S/C55H32N6OS/c1-4-16-33(17-5-1)48-51-49(38-23-11-13-29-46(38)63-51)57-55(56-48)41-26-14-24-39-47-40(25-15-28-45(47)62-50(39)41)54-59-52(34-18-6-2-7-19-34)58-53(60-54)35-30-31-44-42(32-35)37-22-10-12-27-43(37)61(44)36-20-8-3-9-21-36/h1-32H. The molecule has 13 aromatic rings. The second kappa shape index (κ2) is 14.1. The summed E-state index contributed by atoms with van der Waals surface area (Å²) in [6.07, 6.45) is 0. The van der Waals surface area contributed by atoms with Crippen LogP contribution in [0, 0.1) is 0 Å². The molecule has 0 aliphatic carbocycles. The predicted octanol–water partition coefficient (Wildman–Crippen LogP) is 14.4. The van der Waals surface area contributed by atoms with Crippen molar-refractivity contribution in [3.63, 3.8) is 0 Å². The van der Waals surface area contributed by atoms with Crippen molar-refractivity contribution in [1.82, 2.24) is 29.5 Å². The van der Waals surface area contributed by atoms with Gasteiger partial charge in [-0.2, -0.15) is 0 Å². The summed E-state index contributed by atoms with van der Waals surface area (Å²) in [4.78, 5) is 26.2. The van der Waals surface area contributed by atoms with Gasteiger partial charge in [-0.3, -0.25) is 0 Å². The van der Waals surface area contributed by atoms with Gasteiger partial charge in [0, 0.05) is 59.6 Å². The third-order valence-corrected chi connectivity index (χ3v) is 13.1. The number of aromatic nitrogens is 6. The van der Waals surface area contributed by atoms with Crippen molar-refractivity contribution < 1.29 is 4.42 Å². The second-order valence-corrected chi connectivity index (χ2v) is 16.6. The Kier molecular flexibility index (Phi) is 7.94. The molecule has 0 bridgehead atoms. The van der Waals surface area contributed by atoms with Gasteiger partial charge in [0.2, 0.25) is 0 Å². The Morgan fingerprint density at radius 2 is 1.03 bits per heavy atom. The van der Waals surface area contributed by atoms with Gasteiger partial charge in [0.15, 0.2) is 23.3 Å². The zero-order valence-electron chi connectivity index (χ0n) is 33.5. The van der Waals surface area contributed by atoms with Gasteiger partial charge in [-0.05, 0) is 54.6 Å². The minimum Gasteiger partial charge on any atom is -0.455 e. The highest BCUT2D eigenvalue weighted by Gasteiger charge is 2.23. The van der Waals surface area contributed by atoms with Crippen LogP contribution >= 0.6 is 11.3 Å². The molecule has 0 fully saturated rings. The zero-order chi connectivity index (χ0) is 41.4. The van der Waals surface area contributed by atoms with Crippen molar-refractivity contribution in [1.29, 1.82) is 0 Å². The van der Waals surface area contributed by atoms with Crippen LogP contribution in [0.4, 0.5) is 0 Å². The van der Waals surface area contributed by atoms with Crippen molar-refractivity contribution in [2.75, 3.05) is 0 Å². The number of rotatable bonds is 6. The van der Waals surface area contributed by atoms with Gasteiger partial charge in [-0.1, -0.05) is 140 Å². The maximum Gasteiger partial charge on any atom is 0.164 e. The third kappa shape index (κ3) is 5.69. The Balaban J connectivity index is 1.01. The monoisotopic (exact) mass is 824 g/mol. The SMILES string of the molecule is c1ccc(-c2nc(-c3ccc4c(c3)c3ccccc3n4-c3ccccc3)nc(-c3cccc4oc5c(-c6nc(-c7ccccc7)c7sc8ccccc8c7n6)cccc5c34)n2)cc1. The number of benzene rings is 8. The van der Waals surface area contributed by atoms with E-state index in [4.69, 9.17) is 29.3 Å². The molecule has 0 saturated heterocycles. The predicted molar refractivity (Wildman–Crippen MR) is 257 cm³/mol. The Morgan fingerprint density at radius 1 is 0.413 bits per heavy atom. The van der Waals surface area contributed by atoms with E-state index in [0.29, 0.717) is 28.9 Å². The van der Waals surface area contributed by atoms with Crippen molar-refractivity contribution in [2.24, 2.45) is 0 Å². The van der Waals surface area contributed by atoms with Crippen LogP contribution in [-0.2, 0) is 0 Å². The third-order valence-electron chi connectivity index (χ3n) is 11.9. The van der Waals surface area contributed by atoms with Crippen LogP contribution in [0.5, 0.6) is 0 Å². The summed E-state index contributed by atoms with van der Waals surface area (Å²) in [6.45, 7) is 0. The van der Waals surface area contributed by atoms with Gasteiger partial charge in [-0.25, -0.2) is 24.9 Å². The molecule has 13 rings (SSSR count). The molecule has 0 aliphatic rings. The topological polar surface area (TPSA) is 82.5 Å². The Hall–Kier alpha value is -8.33. The minimum absolute atomic E-state index is 0.554. The maximum absolute atomic E-state index is 6.83. The van der Waals surface area contributed by atoms with Crippen molar-refractivity contribution in [3.8, 4) is 62.5 Å². The summed E-state index contributed by atoms with van der Waals surface area (Å²) < 4.78 is 11.4. The first-order chi connectivity index (χ1) is 31.2. The smallest absolute Gasteiger partial charge is 0.164 e. The zero-order valence-corrected chi connectivity index (χ0v) is 34.3. The molecular weight excluding hydrogens is 793 g/mol. The van der Waals surface area contributed by atoms with Crippen molar-refractivity contribution in [2.45, 2.75) is 0 Å². The van der Waals surface area contributed by atoms with E-state index in [0.717, 1.165) is 93.0 Å². The van der Waals surface area contributed by atoms with E-state index in [-0.39, 0.29) is 0 Å². The molecule has 0 N–H and O–H groups in total. The van der Waals surface area contributed by atoms with Crippen LogP contribution in [-0.4, -0.2) is 29.5 Å². The first kappa shape index (κ1) is 35.4. The Bertz CT molecular complexity index is 3910. The van der Waals surface area contributed by atoms with E-state index in [1.165, 1.54) is 4.70 Å². The number of furan rings is 1. The van der Waals surface area contributed by atoms with Gasteiger partial charge in [0.05, 0.1) is 32.5 Å². The van der Waals surface area contributed by atoms with E-state index in [1.807, 2.05) is 60.7 Å². The molecule has 8 aromatic carbocycles. The molecule has 63 heavy (non-hydrogen) atoms. The lowest BCUT2D eigenvalue weighted by Gasteiger charge is -2.10. The number of para-hydroxylation sites is 3. The number of nitrogens with zero attached hydrogens (tertiary/aromatic N) is 6. The molecule has 5 aromatic heterocycles. The molecule has 8 heteroatoms. The molecule has 0 amide bonds. The second-order valence-electron chi connectivity index (χ2n) is 15.6. The fourth-order valence-electron chi connectivity index (χ4n) is 9.02. The summed E-state index contributed by atoms with van der Waals surface area (Å²) in [7, 11) is 0. The first-order valence-electron chi connectivity index (χ1n) is 20.8. The fraction of sp³-hybridized carbons (Fsp3) is 0. The number of hydrogen-bond acceptors (Lipinski definition) is 7. The number of fused-ring (bicyclic) bond motifs is 9. The molecule has 294 valence electrons. The van der Waals surface area contributed by atoms with E-state index >= 15 is 0 Å². The summed E-state index contributed by atoms with van der Waals surface area (Å²) in [5, 5.41) is 5.23. The van der Waals surface area contributed by atoms with Gasteiger partial charge in [0.25, 0.3) is 0 Å². The summed E-state index contributed by atoms with van der Waals surface area (Å²) >= 11 is 1.73. The summed E-state index contributed by atoms with van der Waals surface area (Å²) in [6, 6.07) is 66.7. The van der Waals surface area contributed by atoms with E-state index in [2.05, 4.69) is 138 Å². The maximum atomic E-state index is 6.83.